The number of alkyl halides is 1. The second-order valence-corrected chi connectivity index (χ2v) is 4.87. The van der Waals surface area contributed by atoms with Crippen LogP contribution in [-0.4, -0.2) is 16.6 Å². The molecule has 0 saturated heterocycles. The third kappa shape index (κ3) is 2.59. The summed E-state index contributed by atoms with van der Waals surface area (Å²) in [6.45, 7) is 3.59. The Balaban J connectivity index is 2.51. The second-order valence-electron chi connectivity index (χ2n) is 4.61. The van der Waals surface area contributed by atoms with E-state index in [1.807, 2.05) is 0 Å². The van der Waals surface area contributed by atoms with Gasteiger partial charge in [0.25, 0.3) is 0 Å². The third-order valence-corrected chi connectivity index (χ3v) is 3.05. The van der Waals surface area contributed by atoms with E-state index in [-0.39, 0.29) is 17.4 Å². The van der Waals surface area contributed by atoms with Crippen molar-refractivity contribution < 1.29 is 14.3 Å². The molecule has 1 aromatic carbocycles. The molecule has 5 heteroatoms. The molecule has 1 heterocycles. The first-order valence-corrected chi connectivity index (χ1v) is 5.96. The molecular formula is C13H13ClO4. The maximum Gasteiger partial charge on any atom is 0.336 e. The lowest BCUT2D eigenvalue weighted by Gasteiger charge is -2.24. The van der Waals surface area contributed by atoms with Gasteiger partial charge in [-0.15, -0.1) is 11.6 Å². The number of hydrogen-bond acceptors (Lipinski definition) is 4. The highest BCUT2D eigenvalue weighted by molar-refractivity contribution is 6.18. The second kappa shape index (κ2) is 4.53. The van der Waals surface area contributed by atoms with Gasteiger partial charge in [0.05, 0.1) is 5.88 Å². The van der Waals surface area contributed by atoms with Crippen molar-refractivity contribution in [2.24, 2.45) is 0 Å². The number of halogens is 1. The van der Waals surface area contributed by atoms with Gasteiger partial charge in [0.15, 0.2) is 11.5 Å². The first kappa shape index (κ1) is 12.8. The summed E-state index contributed by atoms with van der Waals surface area (Å²) in [5, 5.41) is 10.5. The Hall–Kier alpha value is -1.68. The number of fused-ring (bicyclic) bond motifs is 1. The van der Waals surface area contributed by atoms with Gasteiger partial charge in [-0.1, -0.05) is 0 Å². The van der Waals surface area contributed by atoms with Crippen LogP contribution in [0.15, 0.2) is 33.5 Å². The van der Waals surface area contributed by atoms with Crippen LogP contribution in [0.2, 0.25) is 0 Å². The Morgan fingerprint density at radius 3 is 2.78 bits per heavy atom. The summed E-state index contributed by atoms with van der Waals surface area (Å²) in [6, 6.07) is 5.85. The highest BCUT2D eigenvalue weighted by Gasteiger charge is 2.20. The van der Waals surface area contributed by atoms with Gasteiger partial charge in [0, 0.05) is 17.5 Å². The molecule has 0 spiro atoms. The molecule has 0 aliphatic heterocycles. The molecule has 0 amide bonds. The molecule has 18 heavy (non-hydrogen) atoms. The van der Waals surface area contributed by atoms with E-state index in [4.69, 9.17) is 20.8 Å². The van der Waals surface area contributed by atoms with Crippen molar-refractivity contribution in [3.63, 3.8) is 0 Å². The minimum absolute atomic E-state index is 0.0189. The van der Waals surface area contributed by atoms with Crippen LogP contribution in [0.25, 0.3) is 11.0 Å². The Bertz CT molecular complexity index is 630. The predicted octanol–water partition coefficient (Wildman–Crippen LogP) is 2.89. The maximum atomic E-state index is 11.1. The van der Waals surface area contributed by atoms with E-state index in [9.17, 15) is 9.90 Å². The standard InChI is InChI=1S/C13H13ClO4/c1-13(2,7-14)18-11-6-10-8(5-9(11)15)3-4-12(16)17-10/h3-6,15H,7H2,1-2H3. The monoisotopic (exact) mass is 268 g/mol. The van der Waals surface area contributed by atoms with Gasteiger partial charge >= 0.3 is 5.63 Å². The van der Waals surface area contributed by atoms with Crippen LogP contribution in [0, 0.1) is 0 Å². The van der Waals surface area contributed by atoms with Crippen molar-refractivity contribution in [1.82, 2.24) is 0 Å². The van der Waals surface area contributed by atoms with Crippen molar-refractivity contribution in [2.75, 3.05) is 5.88 Å². The molecular weight excluding hydrogens is 256 g/mol. The topological polar surface area (TPSA) is 59.7 Å². The summed E-state index contributed by atoms with van der Waals surface area (Å²) in [5.41, 5.74) is -0.710. The minimum Gasteiger partial charge on any atom is -0.504 e. The lowest BCUT2D eigenvalue weighted by molar-refractivity contribution is 0.129. The van der Waals surface area contributed by atoms with Crippen LogP contribution in [-0.2, 0) is 0 Å². The van der Waals surface area contributed by atoms with Gasteiger partial charge in [-0.2, -0.15) is 0 Å². The highest BCUT2D eigenvalue weighted by Crippen LogP contribution is 2.33. The summed E-state index contributed by atoms with van der Waals surface area (Å²) >= 11 is 5.76. The molecule has 0 aliphatic rings. The van der Waals surface area contributed by atoms with E-state index in [1.165, 1.54) is 18.2 Å². The molecule has 0 fully saturated rings. The van der Waals surface area contributed by atoms with E-state index in [0.717, 1.165) is 0 Å². The number of aromatic hydroxyl groups is 1. The molecule has 2 aromatic rings. The average Bonchev–Trinajstić information content (AvgIpc) is 2.30. The fraction of sp³-hybridized carbons (Fsp3) is 0.308. The normalized spacial score (nSPS) is 11.7. The molecule has 96 valence electrons. The summed E-state index contributed by atoms with van der Waals surface area (Å²) < 4.78 is 10.6. The van der Waals surface area contributed by atoms with E-state index >= 15 is 0 Å². The summed E-state index contributed by atoms with van der Waals surface area (Å²) in [7, 11) is 0. The predicted molar refractivity (Wildman–Crippen MR) is 69.6 cm³/mol. The van der Waals surface area contributed by atoms with Crippen molar-refractivity contribution in [3.05, 3.63) is 34.7 Å². The number of ether oxygens (including phenoxy) is 1. The fourth-order valence-electron chi connectivity index (χ4n) is 1.49. The molecule has 0 saturated carbocycles. The van der Waals surface area contributed by atoms with Crippen LogP contribution in [0.3, 0.4) is 0 Å². The molecule has 0 aliphatic carbocycles. The Morgan fingerprint density at radius 2 is 2.11 bits per heavy atom. The van der Waals surface area contributed by atoms with Gasteiger partial charge in [-0.05, 0) is 26.0 Å². The zero-order valence-electron chi connectivity index (χ0n) is 10.1. The van der Waals surface area contributed by atoms with E-state index in [0.29, 0.717) is 11.0 Å². The number of phenolic OH excluding ortho intramolecular Hbond substituents is 1. The molecule has 0 atom stereocenters. The molecule has 0 bridgehead atoms. The van der Waals surface area contributed by atoms with Crippen molar-refractivity contribution >= 4 is 22.6 Å². The third-order valence-electron chi connectivity index (χ3n) is 2.41. The molecule has 0 radical (unpaired) electrons. The summed E-state index contributed by atoms with van der Waals surface area (Å²) in [5.74, 6) is 0.487. The average molecular weight is 269 g/mol. The number of rotatable bonds is 3. The SMILES string of the molecule is CC(C)(CCl)Oc1cc2oc(=O)ccc2cc1O. The van der Waals surface area contributed by atoms with Gasteiger partial charge in [0.2, 0.25) is 0 Å². The van der Waals surface area contributed by atoms with Gasteiger partial charge in [-0.25, -0.2) is 4.79 Å². The van der Waals surface area contributed by atoms with Crippen molar-refractivity contribution in [1.29, 1.82) is 0 Å². The lowest BCUT2D eigenvalue weighted by Crippen LogP contribution is -2.30. The van der Waals surface area contributed by atoms with E-state index < -0.39 is 11.2 Å². The van der Waals surface area contributed by atoms with Crippen LogP contribution < -0.4 is 10.4 Å². The molecule has 2 rings (SSSR count). The van der Waals surface area contributed by atoms with Crippen molar-refractivity contribution in [2.45, 2.75) is 19.4 Å². The van der Waals surface area contributed by atoms with Gasteiger partial charge in [-0.3, -0.25) is 0 Å². The van der Waals surface area contributed by atoms with Crippen LogP contribution in [0.4, 0.5) is 0 Å². The van der Waals surface area contributed by atoms with E-state index in [2.05, 4.69) is 0 Å². The summed E-state index contributed by atoms with van der Waals surface area (Å²) in [6.07, 6.45) is 0. The zero-order chi connectivity index (χ0) is 13.3. The smallest absolute Gasteiger partial charge is 0.336 e. The van der Waals surface area contributed by atoms with Crippen molar-refractivity contribution in [3.8, 4) is 11.5 Å². The quantitative estimate of drug-likeness (QED) is 0.687. The van der Waals surface area contributed by atoms with Crippen LogP contribution >= 0.6 is 11.6 Å². The Labute approximate surface area is 109 Å². The molecule has 1 N–H and O–H groups in total. The Kier molecular flexibility index (Phi) is 3.22. The molecule has 4 nitrogen and oxygen atoms in total. The van der Waals surface area contributed by atoms with Crippen LogP contribution in [0.5, 0.6) is 11.5 Å². The lowest BCUT2D eigenvalue weighted by atomic mass is 10.1. The molecule has 1 aromatic heterocycles. The number of benzene rings is 1. The first-order chi connectivity index (χ1) is 8.41. The largest absolute Gasteiger partial charge is 0.504 e. The number of phenols is 1. The maximum absolute atomic E-state index is 11.1. The summed E-state index contributed by atoms with van der Waals surface area (Å²) in [4.78, 5) is 11.1. The molecule has 0 unspecified atom stereocenters. The fourth-order valence-corrected chi connectivity index (χ4v) is 1.55. The number of hydrogen-bond donors (Lipinski definition) is 1. The van der Waals surface area contributed by atoms with E-state index in [1.54, 1.807) is 19.9 Å². The Morgan fingerprint density at radius 1 is 1.39 bits per heavy atom. The highest BCUT2D eigenvalue weighted by atomic mass is 35.5. The zero-order valence-corrected chi connectivity index (χ0v) is 10.8. The minimum atomic E-state index is -0.623. The first-order valence-electron chi connectivity index (χ1n) is 5.43. The van der Waals surface area contributed by atoms with Gasteiger partial charge < -0.3 is 14.3 Å². The van der Waals surface area contributed by atoms with Crippen LogP contribution in [0.1, 0.15) is 13.8 Å². The van der Waals surface area contributed by atoms with Gasteiger partial charge in [0.1, 0.15) is 11.2 Å².